The predicted octanol–water partition coefficient (Wildman–Crippen LogP) is 1.67. The van der Waals surface area contributed by atoms with Gasteiger partial charge in [0.25, 0.3) is 5.56 Å². The van der Waals surface area contributed by atoms with Gasteiger partial charge in [-0.05, 0) is 18.4 Å². The zero-order valence-electron chi connectivity index (χ0n) is 22.5. The van der Waals surface area contributed by atoms with E-state index >= 15 is 0 Å². The lowest BCUT2D eigenvalue weighted by molar-refractivity contribution is -0.949. The molecule has 1 N–H and O–H groups in total. The molecule has 38 heavy (non-hydrogen) atoms. The van der Waals surface area contributed by atoms with E-state index in [0.29, 0.717) is 29.8 Å². The first-order valence-corrected chi connectivity index (χ1v) is 13.6. The third-order valence-corrected chi connectivity index (χ3v) is 9.03. The number of carbonyl (C=O) groups excluding carboxylic acids is 1. The number of hydrogen-bond donors (Lipinski definition) is 1. The van der Waals surface area contributed by atoms with Crippen LogP contribution in [-0.4, -0.2) is 72.6 Å². The number of esters is 1. The van der Waals surface area contributed by atoms with Crippen molar-refractivity contribution in [2.45, 2.75) is 69.2 Å². The molecule has 2 aromatic heterocycles. The Labute approximate surface area is 221 Å². The van der Waals surface area contributed by atoms with Gasteiger partial charge in [0.1, 0.15) is 12.0 Å². The molecule has 5 rings (SSSR count). The number of rotatable bonds is 9. The van der Waals surface area contributed by atoms with Gasteiger partial charge in [0.2, 0.25) is 0 Å². The largest absolute Gasteiger partial charge is 0.461 e. The van der Waals surface area contributed by atoms with Crippen molar-refractivity contribution in [2.24, 2.45) is 14.1 Å². The molecule has 4 heterocycles. The molecule has 2 saturated heterocycles. The van der Waals surface area contributed by atoms with Crippen LogP contribution in [0, 0.1) is 0 Å². The number of piperidine rings is 1. The normalized spacial score (nSPS) is 25.5. The second kappa shape index (κ2) is 10.5. The molecular weight excluding hydrogens is 486 g/mol. The number of aromatic nitrogens is 4. The Kier molecular flexibility index (Phi) is 7.28. The van der Waals surface area contributed by atoms with E-state index < -0.39 is 5.92 Å². The van der Waals surface area contributed by atoms with E-state index in [2.05, 4.69) is 12.0 Å². The summed E-state index contributed by atoms with van der Waals surface area (Å²) in [6, 6.07) is 10.2. The molecule has 2 bridgehead atoms. The van der Waals surface area contributed by atoms with E-state index in [1.54, 1.807) is 13.4 Å². The third kappa shape index (κ3) is 4.60. The Morgan fingerprint density at radius 2 is 1.79 bits per heavy atom. The Morgan fingerprint density at radius 1 is 1.11 bits per heavy atom. The fraction of sp³-hybridized carbons (Fsp3) is 0.571. The average Bonchev–Trinajstić information content (AvgIpc) is 3.38. The van der Waals surface area contributed by atoms with Gasteiger partial charge in [-0.25, -0.2) is 9.78 Å². The summed E-state index contributed by atoms with van der Waals surface area (Å²) in [4.78, 5) is 42.1. The molecule has 3 aromatic rings. The molecule has 10 heteroatoms. The number of quaternary nitrogens is 1. The summed E-state index contributed by atoms with van der Waals surface area (Å²) in [7, 11) is 5.46. The van der Waals surface area contributed by atoms with Gasteiger partial charge >= 0.3 is 11.7 Å². The quantitative estimate of drug-likeness (QED) is 0.259. The number of fused-ring (bicyclic) bond motifs is 3. The summed E-state index contributed by atoms with van der Waals surface area (Å²) in [5.41, 5.74) is 0.980. The van der Waals surface area contributed by atoms with E-state index in [4.69, 9.17) is 4.74 Å². The minimum Gasteiger partial charge on any atom is -0.461 e. The van der Waals surface area contributed by atoms with Crippen molar-refractivity contribution in [3.05, 3.63) is 63.1 Å². The Bertz CT molecular complexity index is 1410. The summed E-state index contributed by atoms with van der Waals surface area (Å²) in [5.74, 6) is -0.981. The van der Waals surface area contributed by atoms with E-state index in [9.17, 15) is 19.5 Å². The third-order valence-electron chi connectivity index (χ3n) is 9.03. The molecule has 0 aliphatic carbocycles. The lowest BCUT2D eigenvalue weighted by Gasteiger charge is -2.47. The predicted molar refractivity (Wildman–Crippen MR) is 143 cm³/mol. The lowest BCUT2D eigenvalue weighted by Crippen LogP contribution is -2.59. The van der Waals surface area contributed by atoms with Gasteiger partial charge in [0, 0.05) is 46.3 Å². The van der Waals surface area contributed by atoms with Crippen molar-refractivity contribution >= 4 is 17.1 Å². The minimum atomic E-state index is -0.643. The zero-order chi connectivity index (χ0) is 27.0. The van der Waals surface area contributed by atoms with Gasteiger partial charge in [0.15, 0.2) is 11.2 Å². The van der Waals surface area contributed by atoms with E-state index in [-0.39, 0.29) is 29.9 Å². The Morgan fingerprint density at radius 3 is 2.45 bits per heavy atom. The summed E-state index contributed by atoms with van der Waals surface area (Å²) < 4.78 is 11.4. The highest BCUT2D eigenvalue weighted by atomic mass is 16.5. The smallest absolute Gasteiger partial charge is 0.332 e. The van der Waals surface area contributed by atoms with Crippen molar-refractivity contribution < 1.29 is 19.1 Å². The van der Waals surface area contributed by atoms with Gasteiger partial charge in [-0.2, -0.15) is 0 Å². The maximum absolute atomic E-state index is 12.9. The molecule has 10 nitrogen and oxygen atoms in total. The second-order valence-electron chi connectivity index (χ2n) is 11.2. The van der Waals surface area contributed by atoms with Crippen LogP contribution in [0.25, 0.3) is 11.2 Å². The number of nitrogens with zero attached hydrogens (tertiary/aromatic N) is 5. The number of aliphatic hydroxyl groups is 1. The van der Waals surface area contributed by atoms with Gasteiger partial charge in [-0.3, -0.25) is 18.7 Å². The highest BCUT2D eigenvalue weighted by Crippen LogP contribution is 2.42. The summed E-state index contributed by atoms with van der Waals surface area (Å²) in [6.45, 7) is 1.44. The molecule has 2 aliphatic heterocycles. The van der Waals surface area contributed by atoms with Gasteiger partial charge in [-0.15, -0.1) is 0 Å². The van der Waals surface area contributed by atoms with E-state index in [1.807, 2.05) is 34.9 Å². The number of aliphatic hydroxyl groups excluding tert-OH is 1. The Balaban J connectivity index is 1.18. The maximum Gasteiger partial charge on any atom is 0.332 e. The molecule has 1 aromatic carbocycles. The zero-order valence-corrected chi connectivity index (χ0v) is 22.5. The molecular formula is C28H38N5O5+. The SMILES string of the molecule is Cn1c(=O)c2c(ncn2CCCC[N+]2(C)C3CCC2CC(OC(=O)C(CO)c2ccccc2)C3)n(C)c1=O. The monoisotopic (exact) mass is 524 g/mol. The van der Waals surface area contributed by atoms with Crippen molar-refractivity contribution in [1.29, 1.82) is 0 Å². The highest BCUT2D eigenvalue weighted by molar-refractivity contribution is 5.78. The number of ether oxygens (including phenoxy) is 1. The van der Waals surface area contributed by atoms with Gasteiger partial charge in [-0.1, -0.05) is 30.3 Å². The first kappa shape index (κ1) is 26.4. The number of hydrogen-bond acceptors (Lipinski definition) is 6. The van der Waals surface area contributed by atoms with Gasteiger partial charge < -0.3 is 18.9 Å². The van der Waals surface area contributed by atoms with Crippen LogP contribution in [0.15, 0.2) is 46.2 Å². The van der Waals surface area contributed by atoms with Crippen LogP contribution >= 0.6 is 0 Å². The number of carbonyl (C=O) groups is 1. The summed E-state index contributed by atoms with van der Waals surface area (Å²) in [6.07, 6.45) is 7.41. The number of unbranched alkanes of at least 4 members (excludes halogenated alkanes) is 1. The molecule has 0 radical (unpaired) electrons. The van der Waals surface area contributed by atoms with Crippen molar-refractivity contribution in [1.82, 2.24) is 18.7 Å². The Hall–Kier alpha value is -3.24. The molecule has 3 unspecified atom stereocenters. The van der Waals surface area contributed by atoms with Crippen LogP contribution in [0.4, 0.5) is 0 Å². The fourth-order valence-electron chi connectivity index (χ4n) is 6.70. The minimum absolute atomic E-state index is 0.107. The molecule has 0 saturated carbocycles. The maximum atomic E-state index is 12.9. The van der Waals surface area contributed by atoms with E-state index in [0.717, 1.165) is 59.7 Å². The highest BCUT2D eigenvalue weighted by Gasteiger charge is 2.52. The van der Waals surface area contributed by atoms with Crippen LogP contribution in [-0.2, 0) is 30.2 Å². The van der Waals surface area contributed by atoms with Gasteiger partial charge in [0.05, 0.1) is 38.6 Å². The van der Waals surface area contributed by atoms with Crippen LogP contribution in [0.2, 0.25) is 0 Å². The summed E-state index contributed by atoms with van der Waals surface area (Å²) >= 11 is 0. The van der Waals surface area contributed by atoms with Crippen molar-refractivity contribution in [2.75, 3.05) is 20.2 Å². The molecule has 0 amide bonds. The van der Waals surface area contributed by atoms with E-state index in [1.165, 1.54) is 11.6 Å². The second-order valence-corrected chi connectivity index (χ2v) is 11.2. The summed E-state index contributed by atoms with van der Waals surface area (Å²) in [5, 5.41) is 9.84. The molecule has 3 atom stereocenters. The first-order valence-electron chi connectivity index (χ1n) is 13.6. The van der Waals surface area contributed by atoms with Crippen LogP contribution in [0.3, 0.4) is 0 Å². The molecule has 2 aliphatic rings. The van der Waals surface area contributed by atoms with Crippen molar-refractivity contribution in [3.8, 4) is 0 Å². The molecule has 204 valence electrons. The number of benzene rings is 1. The number of imidazole rings is 1. The standard InChI is InChI=1S/C28H38N5O5/c1-30-25-24(26(35)31(2)28(30)37)32(18-29-25)13-7-8-14-33(3)20-11-12-21(33)16-22(15-20)38-27(36)23(17-34)19-9-5-4-6-10-19/h4-6,9-10,18,20-23,34H,7-8,11-17H2,1-3H3/q+1. The number of aryl methyl sites for hydroxylation is 2. The average molecular weight is 525 g/mol. The first-order chi connectivity index (χ1) is 18.2. The molecule has 0 spiro atoms. The van der Waals surface area contributed by atoms with Crippen LogP contribution < -0.4 is 11.2 Å². The van der Waals surface area contributed by atoms with Crippen LogP contribution in [0.1, 0.15) is 50.0 Å². The molecule has 2 fully saturated rings. The van der Waals surface area contributed by atoms with Crippen molar-refractivity contribution in [3.63, 3.8) is 0 Å². The topological polar surface area (TPSA) is 108 Å². The lowest BCUT2D eigenvalue weighted by atomic mass is 9.95. The fourth-order valence-corrected chi connectivity index (χ4v) is 6.70. The van der Waals surface area contributed by atoms with Crippen LogP contribution in [0.5, 0.6) is 0 Å².